The quantitative estimate of drug-likeness (QED) is 0.670. The minimum absolute atomic E-state index is 0.456. The number of benzene rings is 1. The summed E-state index contributed by atoms with van der Waals surface area (Å²) in [5.41, 5.74) is 3.81. The van der Waals surface area contributed by atoms with Gasteiger partial charge in [0.2, 0.25) is 0 Å². The Morgan fingerprint density at radius 1 is 1.06 bits per heavy atom. The Kier molecular flexibility index (Phi) is 3.10. The van der Waals surface area contributed by atoms with Crippen LogP contribution in [0.3, 0.4) is 0 Å². The van der Waals surface area contributed by atoms with Crippen LogP contribution >= 0.6 is 0 Å². The molecular formula is C17H26. The smallest absolute Gasteiger partial charge is 0.0245 e. The van der Waals surface area contributed by atoms with Gasteiger partial charge in [-0.1, -0.05) is 57.5 Å². The molecule has 1 aliphatic rings. The molecule has 2 rings (SSSR count). The summed E-state index contributed by atoms with van der Waals surface area (Å²) in [4.78, 5) is 0. The zero-order valence-corrected chi connectivity index (χ0v) is 12.0. The summed E-state index contributed by atoms with van der Waals surface area (Å²) in [7, 11) is 0. The molecule has 1 atom stereocenters. The van der Waals surface area contributed by atoms with Crippen LogP contribution in [0.25, 0.3) is 0 Å². The molecule has 1 fully saturated rings. The second kappa shape index (κ2) is 4.15. The van der Waals surface area contributed by atoms with Crippen LogP contribution in [0.5, 0.6) is 0 Å². The van der Waals surface area contributed by atoms with Crippen LogP contribution in [0, 0.1) is 23.7 Å². The van der Waals surface area contributed by atoms with Crippen molar-refractivity contribution >= 4 is 0 Å². The van der Waals surface area contributed by atoms with Crippen LogP contribution in [-0.2, 0) is 6.42 Å². The molecule has 0 N–H and O–H groups in total. The summed E-state index contributed by atoms with van der Waals surface area (Å²) >= 11 is 0. The van der Waals surface area contributed by atoms with Crippen LogP contribution in [0.15, 0.2) is 24.3 Å². The summed E-state index contributed by atoms with van der Waals surface area (Å²) in [6.07, 6.45) is 4.00. The highest BCUT2D eigenvalue weighted by atomic mass is 14.5. The molecule has 0 amide bonds. The molecule has 0 heterocycles. The first-order valence-electron chi connectivity index (χ1n) is 6.88. The van der Waals surface area contributed by atoms with E-state index in [9.17, 15) is 0 Å². The Hall–Kier alpha value is -0.780. The van der Waals surface area contributed by atoms with E-state index in [1.54, 1.807) is 0 Å². The molecule has 0 spiro atoms. The molecule has 1 saturated carbocycles. The summed E-state index contributed by atoms with van der Waals surface area (Å²) in [5, 5.41) is 0. The zero-order chi connectivity index (χ0) is 12.7. The van der Waals surface area contributed by atoms with E-state index in [0.29, 0.717) is 10.8 Å². The van der Waals surface area contributed by atoms with E-state index >= 15 is 0 Å². The molecule has 0 heteroatoms. The first-order valence-corrected chi connectivity index (χ1v) is 6.88. The van der Waals surface area contributed by atoms with E-state index in [4.69, 9.17) is 0 Å². The van der Waals surface area contributed by atoms with Crippen LogP contribution in [-0.4, -0.2) is 0 Å². The van der Waals surface area contributed by atoms with Gasteiger partial charge in [-0.05, 0) is 48.5 Å². The van der Waals surface area contributed by atoms with Gasteiger partial charge in [-0.25, -0.2) is 0 Å². The molecule has 0 nitrogen and oxygen atoms in total. The number of aryl methyl sites for hydroxylation is 1. The van der Waals surface area contributed by atoms with E-state index in [-0.39, 0.29) is 0 Å². The van der Waals surface area contributed by atoms with Gasteiger partial charge >= 0.3 is 0 Å². The molecule has 0 bridgehead atoms. The first-order chi connectivity index (χ1) is 7.83. The largest absolute Gasteiger partial charge is 0.0594 e. The normalized spacial score (nSPS) is 26.1. The van der Waals surface area contributed by atoms with Gasteiger partial charge in [0.15, 0.2) is 0 Å². The molecule has 1 unspecified atom stereocenters. The molecule has 94 valence electrons. The minimum atomic E-state index is 0.456. The van der Waals surface area contributed by atoms with Crippen molar-refractivity contribution in [3.63, 3.8) is 0 Å². The predicted octanol–water partition coefficient (Wildman–Crippen LogP) is 5.00. The highest BCUT2D eigenvalue weighted by Crippen LogP contribution is 2.56. The van der Waals surface area contributed by atoms with Gasteiger partial charge in [-0.15, -0.1) is 0 Å². The van der Waals surface area contributed by atoms with Gasteiger partial charge in [-0.3, -0.25) is 0 Å². The summed E-state index contributed by atoms with van der Waals surface area (Å²) in [5.74, 6) is 0.834. The van der Waals surface area contributed by atoms with Gasteiger partial charge in [0, 0.05) is 0 Å². The fourth-order valence-electron chi connectivity index (χ4n) is 3.14. The summed E-state index contributed by atoms with van der Waals surface area (Å²) < 4.78 is 0. The standard InChI is InChI=1S/C17H26/c1-13-6-8-14(9-7-13)12-15-10-11-16(2,3)17(15,4)5/h6-9,15H,10-12H2,1-5H3. The Balaban J connectivity index is 2.13. The molecule has 0 saturated heterocycles. The number of hydrogen-bond acceptors (Lipinski definition) is 0. The monoisotopic (exact) mass is 230 g/mol. The van der Waals surface area contributed by atoms with Crippen LogP contribution in [0.1, 0.15) is 51.7 Å². The van der Waals surface area contributed by atoms with Crippen LogP contribution < -0.4 is 0 Å². The van der Waals surface area contributed by atoms with Gasteiger partial charge in [0.1, 0.15) is 0 Å². The van der Waals surface area contributed by atoms with Gasteiger partial charge in [0.25, 0.3) is 0 Å². The minimum Gasteiger partial charge on any atom is -0.0594 e. The predicted molar refractivity (Wildman–Crippen MR) is 75.2 cm³/mol. The fourth-order valence-corrected chi connectivity index (χ4v) is 3.14. The van der Waals surface area contributed by atoms with Crippen molar-refractivity contribution in [2.75, 3.05) is 0 Å². The Bertz CT molecular complexity index is 381. The Morgan fingerprint density at radius 2 is 1.65 bits per heavy atom. The van der Waals surface area contributed by atoms with Gasteiger partial charge < -0.3 is 0 Å². The Morgan fingerprint density at radius 3 is 2.12 bits per heavy atom. The van der Waals surface area contributed by atoms with E-state index < -0.39 is 0 Å². The lowest BCUT2D eigenvalue weighted by Crippen LogP contribution is -2.32. The topological polar surface area (TPSA) is 0 Å². The van der Waals surface area contributed by atoms with E-state index in [1.807, 2.05) is 0 Å². The van der Waals surface area contributed by atoms with Crippen molar-refractivity contribution in [3.8, 4) is 0 Å². The third-order valence-electron chi connectivity index (χ3n) is 5.49. The summed E-state index contributed by atoms with van der Waals surface area (Å²) in [6, 6.07) is 9.08. The third-order valence-corrected chi connectivity index (χ3v) is 5.49. The van der Waals surface area contributed by atoms with Crippen LogP contribution in [0.2, 0.25) is 0 Å². The maximum atomic E-state index is 2.46. The van der Waals surface area contributed by atoms with Crippen molar-refractivity contribution in [3.05, 3.63) is 35.4 Å². The van der Waals surface area contributed by atoms with Gasteiger partial charge in [0.05, 0.1) is 0 Å². The second-order valence-electron chi connectivity index (χ2n) is 7.03. The lowest BCUT2D eigenvalue weighted by atomic mass is 9.66. The number of rotatable bonds is 2. The zero-order valence-electron chi connectivity index (χ0n) is 12.0. The average molecular weight is 230 g/mol. The average Bonchev–Trinajstić information content (AvgIpc) is 2.44. The van der Waals surface area contributed by atoms with E-state index in [0.717, 1.165) is 5.92 Å². The van der Waals surface area contributed by atoms with E-state index in [1.165, 1.54) is 30.4 Å². The molecular weight excluding hydrogens is 204 g/mol. The van der Waals surface area contributed by atoms with Crippen molar-refractivity contribution < 1.29 is 0 Å². The van der Waals surface area contributed by atoms with Crippen molar-refractivity contribution in [2.45, 2.75) is 53.9 Å². The highest BCUT2D eigenvalue weighted by Gasteiger charge is 2.47. The number of hydrogen-bond donors (Lipinski definition) is 0. The lowest BCUT2D eigenvalue weighted by Gasteiger charge is -2.39. The molecule has 0 aromatic heterocycles. The van der Waals surface area contributed by atoms with Crippen LogP contribution in [0.4, 0.5) is 0 Å². The highest BCUT2D eigenvalue weighted by molar-refractivity contribution is 5.22. The molecule has 1 aromatic rings. The van der Waals surface area contributed by atoms with E-state index in [2.05, 4.69) is 58.9 Å². The van der Waals surface area contributed by atoms with Crippen molar-refractivity contribution in [1.82, 2.24) is 0 Å². The molecule has 0 radical (unpaired) electrons. The fraction of sp³-hybridized carbons (Fsp3) is 0.647. The van der Waals surface area contributed by atoms with Gasteiger partial charge in [-0.2, -0.15) is 0 Å². The summed E-state index contributed by atoms with van der Waals surface area (Å²) in [6.45, 7) is 11.9. The van der Waals surface area contributed by atoms with Crippen molar-refractivity contribution in [2.24, 2.45) is 16.7 Å². The third kappa shape index (κ3) is 2.27. The van der Waals surface area contributed by atoms with Crippen molar-refractivity contribution in [1.29, 1.82) is 0 Å². The SMILES string of the molecule is Cc1ccc(CC2CCC(C)(C)C2(C)C)cc1. The first kappa shape index (κ1) is 12.7. The maximum Gasteiger partial charge on any atom is -0.0245 e. The Labute approximate surface area is 106 Å². The lowest BCUT2D eigenvalue weighted by molar-refractivity contribution is 0.107. The molecule has 1 aromatic carbocycles. The molecule has 17 heavy (non-hydrogen) atoms. The second-order valence-corrected chi connectivity index (χ2v) is 7.03. The maximum absolute atomic E-state index is 2.46. The molecule has 1 aliphatic carbocycles. The molecule has 0 aliphatic heterocycles.